The highest BCUT2D eigenvalue weighted by Gasteiger charge is 2.34. The maximum absolute atomic E-state index is 6.31. The number of halogens is 1. The zero-order valence-electron chi connectivity index (χ0n) is 14.4. The molecule has 0 saturated heterocycles. The van der Waals surface area contributed by atoms with Crippen molar-refractivity contribution in [3.63, 3.8) is 0 Å². The summed E-state index contributed by atoms with van der Waals surface area (Å²) in [5, 5.41) is 0.803. The van der Waals surface area contributed by atoms with Gasteiger partial charge >= 0.3 is 0 Å². The predicted octanol–water partition coefficient (Wildman–Crippen LogP) is 5.36. The summed E-state index contributed by atoms with van der Waals surface area (Å²) < 4.78 is 0. The SMILES string of the molecule is CN(C)CC/C=C1\c2ccccc2C(C)(C)c2ccc(Cl)cc21. The van der Waals surface area contributed by atoms with E-state index < -0.39 is 0 Å². The van der Waals surface area contributed by atoms with Crippen LogP contribution in [0, 0.1) is 0 Å². The minimum absolute atomic E-state index is 0.00456. The van der Waals surface area contributed by atoms with Gasteiger partial charge in [0.2, 0.25) is 0 Å². The van der Waals surface area contributed by atoms with Crippen molar-refractivity contribution in [3.05, 3.63) is 75.8 Å². The molecule has 0 aromatic heterocycles. The van der Waals surface area contributed by atoms with Crippen LogP contribution in [-0.2, 0) is 5.41 Å². The molecule has 0 bridgehead atoms. The fourth-order valence-electron chi connectivity index (χ4n) is 3.52. The van der Waals surface area contributed by atoms with Crippen LogP contribution in [0.15, 0.2) is 48.5 Å². The predicted molar refractivity (Wildman–Crippen MR) is 100 cm³/mol. The molecular formula is C21H24ClN. The van der Waals surface area contributed by atoms with Gasteiger partial charge in [-0.05, 0) is 60.5 Å². The van der Waals surface area contributed by atoms with Gasteiger partial charge < -0.3 is 4.90 Å². The number of hydrogen-bond acceptors (Lipinski definition) is 1. The van der Waals surface area contributed by atoms with Gasteiger partial charge in [-0.3, -0.25) is 0 Å². The smallest absolute Gasteiger partial charge is 0.0412 e. The van der Waals surface area contributed by atoms with Gasteiger partial charge in [0, 0.05) is 17.0 Å². The second-order valence-corrected chi connectivity index (χ2v) is 7.51. The van der Waals surface area contributed by atoms with E-state index in [1.165, 1.54) is 27.8 Å². The van der Waals surface area contributed by atoms with Crippen molar-refractivity contribution in [2.24, 2.45) is 0 Å². The van der Waals surface area contributed by atoms with Crippen LogP contribution in [0.5, 0.6) is 0 Å². The minimum atomic E-state index is -0.00456. The average molecular weight is 326 g/mol. The van der Waals surface area contributed by atoms with Crippen molar-refractivity contribution < 1.29 is 0 Å². The number of fused-ring (bicyclic) bond motifs is 2. The number of rotatable bonds is 3. The van der Waals surface area contributed by atoms with Crippen molar-refractivity contribution in [2.45, 2.75) is 25.7 Å². The third-order valence-corrected chi connectivity index (χ3v) is 5.00. The highest BCUT2D eigenvalue weighted by Crippen LogP contribution is 2.46. The molecule has 0 spiro atoms. The fraction of sp³-hybridized carbons (Fsp3) is 0.333. The van der Waals surface area contributed by atoms with Crippen LogP contribution in [0.2, 0.25) is 5.02 Å². The van der Waals surface area contributed by atoms with E-state index in [1.54, 1.807) is 0 Å². The summed E-state index contributed by atoms with van der Waals surface area (Å²) in [5.41, 5.74) is 6.68. The molecule has 1 nitrogen and oxygen atoms in total. The Morgan fingerprint density at radius 3 is 2.43 bits per heavy atom. The zero-order chi connectivity index (χ0) is 16.6. The summed E-state index contributed by atoms with van der Waals surface area (Å²) in [7, 11) is 4.22. The quantitative estimate of drug-likeness (QED) is 0.734. The molecule has 0 unspecified atom stereocenters. The molecule has 120 valence electrons. The van der Waals surface area contributed by atoms with Crippen LogP contribution >= 0.6 is 11.6 Å². The molecule has 1 aliphatic rings. The maximum Gasteiger partial charge on any atom is 0.0412 e. The highest BCUT2D eigenvalue weighted by molar-refractivity contribution is 6.30. The first-order valence-corrected chi connectivity index (χ1v) is 8.54. The fourth-order valence-corrected chi connectivity index (χ4v) is 3.70. The Hall–Kier alpha value is -1.57. The van der Waals surface area contributed by atoms with Crippen LogP contribution in [0.4, 0.5) is 0 Å². The van der Waals surface area contributed by atoms with Gasteiger partial charge in [-0.2, -0.15) is 0 Å². The molecule has 2 aromatic rings. The van der Waals surface area contributed by atoms with Gasteiger partial charge in [0.25, 0.3) is 0 Å². The van der Waals surface area contributed by atoms with Gasteiger partial charge in [-0.25, -0.2) is 0 Å². The zero-order valence-corrected chi connectivity index (χ0v) is 15.1. The van der Waals surface area contributed by atoms with Gasteiger partial charge in [0.05, 0.1) is 0 Å². The van der Waals surface area contributed by atoms with E-state index in [9.17, 15) is 0 Å². The van der Waals surface area contributed by atoms with Crippen molar-refractivity contribution in [1.82, 2.24) is 4.90 Å². The lowest BCUT2D eigenvalue weighted by Crippen LogP contribution is -2.26. The lowest BCUT2D eigenvalue weighted by atomic mass is 9.67. The van der Waals surface area contributed by atoms with Crippen LogP contribution in [0.1, 0.15) is 42.5 Å². The van der Waals surface area contributed by atoms with E-state index in [2.05, 4.69) is 75.3 Å². The first-order chi connectivity index (χ1) is 10.9. The molecule has 0 atom stereocenters. The Balaban J connectivity index is 2.19. The Labute approximate surface area is 144 Å². The number of nitrogens with zero attached hydrogens (tertiary/aromatic N) is 1. The maximum atomic E-state index is 6.31. The molecular weight excluding hydrogens is 302 g/mol. The molecule has 0 heterocycles. The van der Waals surface area contributed by atoms with E-state index in [0.717, 1.165) is 18.0 Å². The summed E-state index contributed by atoms with van der Waals surface area (Å²) in [5.74, 6) is 0. The Morgan fingerprint density at radius 1 is 1.00 bits per heavy atom. The van der Waals surface area contributed by atoms with Crippen LogP contribution in [0.3, 0.4) is 0 Å². The molecule has 0 radical (unpaired) electrons. The van der Waals surface area contributed by atoms with E-state index in [1.807, 2.05) is 6.07 Å². The molecule has 3 rings (SSSR count). The van der Waals surface area contributed by atoms with Gasteiger partial charge in [-0.1, -0.05) is 61.9 Å². The van der Waals surface area contributed by atoms with Crippen LogP contribution in [-0.4, -0.2) is 25.5 Å². The molecule has 1 aliphatic carbocycles. The highest BCUT2D eigenvalue weighted by atomic mass is 35.5. The van der Waals surface area contributed by atoms with Crippen molar-refractivity contribution >= 4 is 17.2 Å². The van der Waals surface area contributed by atoms with Gasteiger partial charge in [0.15, 0.2) is 0 Å². The van der Waals surface area contributed by atoms with Crippen molar-refractivity contribution in [2.75, 3.05) is 20.6 Å². The normalized spacial score (nSPS) is 17.2. The lowest BCUT2D eigenvalue weighted by molar-refractivity contribution is 0.417. The molecule has 2 heteroatoms. The molecule has 0 N–H and O–H groups in total. The minimum Gasteiger partial charge on any atom is -0.309 e. The van der Waals surface area contributed by atoms with Gasteiger partial charge in [0.1, 0.15) is 0 Å². The molecule has 0 fully saturated rings. The Kier molecular flexibility index (Phi) is 4.35. The van der Waals surface area contributed by atoms with Crippen molar-refractivity contribution in [1.29, 1.82) is 0 Å². The molecule has 23 heavy (non-hydrogen) atoms. The second kappa shape index (κ2) is 6.14. The topological polar surface area (TPSA) is 3.24 Å². The van der Waals surface area contributed by atoms with E-state index in [0.29, 0.717) is 0 Å². The lowest BCUT2D eigenvalue weighted by Gasteiger charge is -2.36. The number of hydrogen-bond donors (Lipinski definition) is 0. The average Bonchev–Trinajstić information content (AvgIpc) is 2.50. The van der Waals surface area contributed by atoms with E-state index >= 15 is 0 Å². The van der Waals surface area contributed by atoms with E-state index in [4.69, 9.17) is 11.6 Å². The van der Waals surface area contributed by atoms with Crippen LogP contribution < -0.4 is 0 Å². The Morgan fingerprint density at radius 2 is 1.70 bits per heavy atom. The summed E-state index contributed by atoms with van der Waals surface area (Å²) in [6.07, 6.45) is 3.40. The number of benzene rings is 2. The van der Waals surface area contributed by atoms with Gasteiger partial charge in [-0.15, -0.1) is 0 Å². The van der Waals surface area contributed by atoms with Crippen molar-refractivity contribution in [3.8, 4) is 0 Å². The summed E-state index contributed by atoms with van der Waals surface area (Å²) >= 11 is 6.31. The monoisotopic (exact) mass is 325 g/mol. The molecule has 0 amide bonds. The third kappa shape index (κ3) is 2.96. The standard InChI is InChI=1S/C21H24ClN/c1-21(2)19-10-6-5-8-17(19)16(9-7-13-23(3)4)18-14-15(22)11-12-20(18)21/h5-6,8-12,14H,7,13H2,1-4H3/b16-9+. The Bertz CT molecular complexity index is 756. The summed E-state index contributed by atoms with van der Waals surface area (Å²) in [6.45, 7) is 5.65. The summed E-state index contributed by atoms with van der Waals surface area (Å²) in [6, 6.07) is 15.1. The molecule has 0 saturated carbocycles. The first-order valence-electron chi connectivity index (χ1n) is 8.16. The van der Waals surface area contributed by atoms with Crippen LogP contribution in [0.25, 0.3) is 5.57 Å². The van der Waals surface area contributed by atoms with E-state index in [-0.39, 0.29) is 5.41 Å². The molecule has 2 aromatic carbocycles. The summed E-state index contributed by atoms with van der Waals surface area (Å²) in [4.78, 5) is 2.22. The molecule has 0 aliphatic heterocycles. The third-order valence-electron chi connectivity index (χ3n) is 4.76. The second-order valence-electron chi connectivity index (χ2n) is 7.07. The largest absolute Gasteiger partial charge is 0.309 e. The first kappa shape index (κ1) is 16.3.